The average molecular weight is 451 g/mol. The van der Waals surface area contributed by atoms with Crippen LogP contribution in [0.5, 0.6) is 0 Å². The SMILES string of the molecule is C[C@@H](OC(=O)c1cn(Cc2ccccc2)nc1-c1cccnc1)c1nnc(-c2ccccc2)o1. The minimum Gasteiger partial charge on any atom is -0.449 e. The van der Waals surface area contributed by atoms with Gasteiger partial charge in [-0.15, -0.1) is 10.2 Å². The molecule has 0 saturated heterocycles. The third-order valence-corrected chi connectivity index (χ3v) is 5.20. The number of esters is 1. The van der Waals surface area contributed by atoms with E-state index in [0.29, 0.717) is 23.7 Å². The van der Waals surface area contributed by atoms with Crippen molar-refractivity contribution in [3.63, 3.8) is 0 Å². The van der Waals surface area contributed by atoms with Crippen molar-refractivity contribution < 1.29 is 13.9 Å². The van der Waals surface area contributed by atoms with Gasteiger partial charge >= 0.3 is 5.97 Å². The van der Waals surface area contributed by atoms with Gasteiger partial charge < -0.3 is 9.15 Å². The smallest absolute Gasteiger partial charge is 0.342 e. The third kappa shape index (κ3) is 4.61. The van der Waals surface area contributed by atoms with Gasteiger partial charge in [-0.05, 0) is 36.8 Å². The Morgan fingerprint density at radius 2 is 1.71 bits per heavy atom. The first-order valence-electron chi connectivity index (χ1n) is 10.8. The van der Waals surface area contributed by atoms with Gasteiger partial charge in [0.15, 0.2) is 6.10 Å². The summed E-state index contributed by atoms with van der Waals surface area (Å²) in [5.41, 5.74) is 3.41. The van der Waals surface area contributed by atoms with Crippen molar-refractivity contribution in [1.82, 2.24) is 25.0 Å². The first kappa shape index (κ1) is 21.3. The summed E-state index contributed by atoms with van der Waals surface area (Å²) in [6.45, 7) is 2.21. The van der Waals surface area contributed by atoms with Crippen LogP contribution in [0.3, 0.4) is 0 Å². The Kier molecular flexibility index (Phi) is 5.94. The second-order valence-electron chi connectivity index (χ2n) is 7.68. The summed E-state index contributed by atoms with van der Waals surface area (Å²) in [5.74, 6) is 0.0437. The van der Waals surface area contributed by atoms with Crippen molar-refractivity contribution in [3.05, 3.63) is 108 Å². The van der Waals surface area contributed by atoms with Crippen molar-refractivity contribution in [2.45, 2.75) is 19.6 Å². The predicted molar refractivity (Wildman–Crippen MR) is 125 cm³/mol. The van der Waals surface area contributed by atoms with Crippen LogP contribution in [0.1, 0.15) is 34.8 Å². The number of carbonyl (C=O) groups excluding carboxylic acids is 1. The molecule has 0 aliphatic heterocycles. The summed E-state index contributed by atoms with van der Waals surface area (Å²) in [6.07, 6.45) is 4.29. The molecule has 3 heterocycles. The van der Waals surface area contributed by atoms with E-state index in [4.69, 9.17) is 9.15 Å². The predicted octanol–water partition coefficient (Wildman–Crippen LogP) is 4.96. The first-order valence-corrected chi connectivity index (χ1v) is 10.8. The van der Waals surface area contributed by atoms with Gasteiger partial charge in [-0.2, -0.15) is 5.10 Å². The molecule has 2 aromatic carbocycles. The van der Waals surface area contributed by atoms with Crippen LogP contribution in [-0.4, -0.2) is 30.9 Å². The average Bonchev–Trinajstić information content (AvgIpc) is 3.54. The highest BCUT2D eigenvalue weighted by atomic mass is 16.6. The highest BCUT2D eigenvalue weighted by molar-refractivity contribution is 5.96. The molecule has 0 N–H and O–H groups in total. The van der Waals surface area contributed by atoms with Crippen LogP contribution in [0.15, 0.2) is 95.8 Å². The minimum atomic E-state index is -0.739. The molecule has 1 atom stereocenters. The summed E-state index contributed by atoms with van der Waals surface area (Å²) in [6, 6.07) is 23.0. The van der Waals surface area contributed by atoms with Crippen LogP contribution in [0, 0.1) is 0 Å². The maximum absolute atomic E-state index is 13.2. The fourth-order valence-electron chi connectivity index (χ4n) is 3.51. The van der Waals surface area contributed by atoms with Gasteiger partial charge in [-0.3, -0.25) is 9.67 Å². The second-order valence-corrected chi connectivity index (χ2v) is 7.68. The monoisotopic (exact) mass is 451 g/mol. The molecule has 8 nitrogen and oxygen atoms in total. The lowest BCUT2D eigenvalue weighted by molar-refractivity contribution is 0.0280. The highest BCUT2D eigenvalue weighted by Crippen LogP contribution is 2.26. The van der Waals surface area contributed by atoms with Crippen LogP contribution < -0.4 is 0 Å². The summed E-state index contributed by atoms with van der Waals surface area (Å²) in [7, 11) is 0. The lowest BCUT2D eigenvalue weighted by Gasteiger charge is -2.09. The van der Waals surface area contributed by atoms with Crippen LogP contribution in [0.2, 0.25) is 0 Å². The molecule has 0 saturated carbocycles. The van der Waals surface area contributed by atoms with Crippen molar-refractivity contribution in [1.29, 1.82) is 0 Å². The third-order valence-electron chi connectivity index (χ3n) is 5.20. The normalized spacial score (nSPS) is 11.8. The molecule has 5 rings (SSSR count). The zero-order valence-corrected chi connectivity index (χ0v) is 18.4. The largest absolute Gasteiger partial charge is 0.449 e. The van der Waals surface area contributed by atoms with Crippen molar-refractivity contribution in [2.24, 2.45) is 0 Å². The lowest BCUT2D eigenvalue weighted by atomic mass is 10.1. The van der Waals surface area contributed by atoms with E-state index in [2.05, 4.69) is 20.3 Å². The second kappa shape index (κ2) is 9.50. The van der Waals surface area contributed by atoms with Gasteiger partial charge in [0.2, 0.25) is 5.89 Å². The number of pyridine rings is 1. The van der Waals surface area contributed by atoms with Crippen LogP contribution >= 0.6 is 0 Å². The Morgan fingerprint density at radius 1 is 0.971 bits per heavy atom. The number of ether oxygens (including phenoxy) is 1. The molecule has 0 radical (unpaired) electrons. The topological polar surface area (TPSA) is 95.9 Å². The molecule has 34 heavy (non-hydrogen) atoms. The molecule has 0 fully saturated rings. The quantitative estimate of drug-likeness (QED) is 0.323. The fraction of sp³-hybridized carbons (Fsp3) is 0.115. The molecule has 3 aromatic heterocycles. The molecule has 0 aliphatic carbocycles. The molecular formula is C26H21N5O3. The maximum Gasteiger partial charge on any atom is 0.342 e. The number of nitrogens with zero attached hydrogens (tertiary/aromatic N) is 5. The van der Waals surface area contributed by atoms with E-state index in [0.717, 1.165) is 16.7 Å². The summed E-state index contributed by atoms with van der Waals surface area (Å²) in [5, 5.41) is 12.8. The Morgan fingerprint density at radius 3 is 2.44 bits per heavy atom. The van der Waals surface area contributed by atoms with Crippen molar-refractivity contribution in [2.75, 3.05) is 0 Å². The van der Waals surface area contributed by atoms with Gasteiger partial charge in [-0.1, -0.05) is 48.5 Å². The summed E-state index contributed by atoms with van der Waals surface area (Å²) >= 11 is 0. The number of carbonyl (C=O) groups is 1. The Hall–Kier alpha value is -4.59. The molecular weight excluding hydrogens is 430 g/mol. The zero-order chi connectivity index (χ0) is 23.3. The van der Waals surface area contributed by atoms with E-state index in [-0.39, 0.29) is 5.89 Å². The van der Waals surface area contributed by atoms with E-state index < -0.39 is 12.1 Å². The van der Waals surface area contributed by atoms with Crippen LogP contribution in [0.4, 0.5) is 0 Å². The molecule has 168 valence electrons. The Bertz CT molecular complexity index is 1380. The maximum atomic E-state index is 13.2. The van der Waals surface area contributed by atoms with Crippen LogP contribution in [-0.2, 0) is 11.3 Å². The van der Waals surface area contributed by atoms with E-state index in [1.54, 1.807) is 36.3 Å². The number of hydrogen-bond donors (Lipinski definition) is 0. The standard InChI is InChI=1S/C26H21N5O3/c1-18(24-28-29-25(34-24)20-11-6-3-7-12-20)33-26(32)22-17-31(16-19-9-4-2-5-10-19)30-23(22)21-13-8-14-27-15-21/h2-15,17-18H,16H2,1H3/t18-/m1/s1. The molecule has 5 aromatic rings. The number of hydrogen-bond acceptors (Lipinski definition) is 7. The highest BCUT2D eigenvalue weighted by Gasteiger charge is 2.24. The molecule has 0 bridgehead atoms. The van der Waals surface area contributed by atoms with Crippen molar-refractivity contribution in [3.8, 4) is 22.7 Å². The molecule has 0 aliphatic rings. The van der Waals surface area contributed by atoms with E-state index in [1.807, 2.05) is 66.7 Å². The number of rotatable bonds is 7. The van der Waals surface area contributed by atoms with E-state index >= 15 is 0 Å². The summed E-state index contributed by atoms with van der Waals surface area (Å²) in [4.78, 5) is 17.3. The molecule has 0 amide bonds. The Labute approximate surface area is 195 Å². The van der Waals surface area contributed by atoms with Gasteiger partial charge in [-0.25, -0.2) is 4.79 Å². The minimum absolute atomic E-state index is 0.215. The molecule has 8 heteroatoms. The zero-order valence-electron chi connectivity index (χ0n) is 18.4. The van der Waals surface area contributed by atoms with Gasteiger partial charge in [0.05, 0.1) is 6.54 Å². The van der Waals surface area contributed by atoms with E-state index in [9.17, 15) is 4.79 Å². The van der Waals surface area contributed by atoms with Crippen LogP contribution in [0.25, 0.3) is 22.7 Å². The number of aromatic nitrogens is 5. The van der Waals surface area contributed by atoms with Gasteiger partial charge in [0.1, 0.15) is 11.3 Å². The van der Waals surface area contributed by atoms with Gasteiger partial charge in [0, 0.05) is 29.7 Å². The number of benzene rings is 2. The fourth-order valence-corrected chi connectivity index (χ4v) is 3.51. The van der Waals surface area contributed by atoms with Crippen molar-refractivity contribution >= 4 is 5.97 Å². The summed E-state index contributed by atoms with van der Waals surface area (Å²) < 4.78 is 13.1. The first-order chi connectivity index (χ1) is 16.7. The Balaban J connectivity index is 1.39. The molecule has 0 spiro atoms. The lowest BCUT2D eigenvalue weighted by Crippen LogP contribution is -2.10. The molecule has 0 unspecified atom stereocenters. The van der Waals surface area contributed by atoms with E-state index in [1.165, 1.54) is 0 Å². The van der Waals surface area contributed by atoms with Gasteiger partial charge in [0.25, 0.3) is 5.89 Å².